The second kappa shape index (κ2) is 10.6. The SMILES string of the molecule is CCOc1ccc(CN2CCN(C(=O)OC(C)(C)C)CC2)c(OCC)c1OCC. The molecule has 7 heteroatoms. The maximum Gasteiger partial charge on any atom is 0.410 e. The highest BCUT2D eigenvalue weighted by molar-refractivity contribution is 5.68. The van der Waals surface area contributed by atoms with Gasteiger partial charge in [-0.1, -0.05) is 6.07 Å². The van der Waals surface area contributed by atoms with Gasteiger partial charge in [0.25, 0.3) is 0 Å². The van der Waals surface area contributed by atoms with Gasteiger partial charge in [0.1, 0.15) is 5.60 Å². The standard InChI is InChI=1S/C22H36N2O5/c1-7-26-18-11-10-17(19(27-8-2)20(18)28-9-3)16-23-12-14-24(15-13-23)21(25)29-22(4,5)6/h10-11H,7-9,12-16H2,1-6H3. The smallest absolute Gasteiger partial charge is 0.410 e. The first kappa shape index (κ1) is 23.1. The minimum Gasteiger partial charge on any atom is -0.490 e. The molecule has 7 nitrogen and oxygen atoms in total. The first-order chi connectivity index (χ1) is 13.8. The predicted octanol–water partition coefficient (Wildman–Crippen LogP) is 3.94. The van der Waals surface area contributed by atoms with E-state index in [4.69, 9.17) is 18.9 Å². The van der Waals surface area contributed by atoms with Crippen LogP contribution in [0.25, 0.3) is 0 Å². The summed E-state index contributed by atoms with van der Waals surface area (Å²) in [5.74, 6) is 2.12. The summed E-state index contributed by atoms with van der Waals surface area (Å²) < 4.78 is 23.0. The van der Waals surface area contributed by atoms with E-state index in [2.05, 4.69) is 4.90 Å². The number of carbonyl (C=O) groups is 1. The molecule has 1 saturated heterocycles. The van der Waals surface area contributed by atoms with Crippen LogP contribution in [0.3, 0.4) is 0 Å². The molecule has 29 heavy (non-hydrogen) atoms. The summed E-state index contributed by atoms with van der Waals surface area (Å²) in [6.45, 7) is 16.8. The summed E-state index contributed by atoms with van der Waals surface area (Å²) in [5, 5.41) is 0. The van der Waals surface area contributed by atoms with E-state index in [1.54, 1.807) is 4.90 Å². The van der Waals surface area contributed by atoms with Gasteiger partial charge in [-0.25, -0.2) is 4.79 Å². The number of ether oxygens (including phenoxy) is 4. The molecule has 1 aromatic carbocycles. The normalized spacial score (nSPS) is 15.2. The molecule has 1 aromatic rings. The Balaban J connectivity index is 2.08. The fourth-order valence-electron chi connectivity index (χ4n) is 3.22. The number of rotatable bonds is 8. The molecule has 0 aliphatic carbocycles. The molecule has 0 atom stereocenters. The molecule has 0 saturated carbocycles. The highest BCUT2D eigenvalue weighted by Crippen LogP contribution is 2.41. The lowest BCUT2D eigenvalue weighted by atomic mass is 10.1. The first-order valence-corrected chi connectivity index (χ1v) is 10.5. The summed E-state index contributed by atoms with van der Waals surface area (Å²) in [6.07, 6.45) is -0.244. The number of hydrogen-bond donors (Lipinski definition) is 0. The zero-order valence-electron chi connectivity index (χ0n) is 18.7. The van der Waals surface area contributed by atoms with Gasteiger partial charge < -0.3 is 23.8 Å². The van der Waals surface area contributed by atoms with Crippen LogP contribution in [0.2, 0.25) is 0 Å². The van der Waals surface area contributed by atoms with Crippen LogP contribution < -0.4 is 14.2 Å². The Morgan fingerprint density at radius 2 is 1.48 bits per heavy atom. The maximum absolute atomic E-state index is 12.3. The van der Waals surface area contributed by atoms with Crippen LogP contribution in [0.15, 0.2) is 12.1 Å². The van der Waals surface area contributed by atoms with Crippen LogP contribution in [0.1, 0.15) is 47.1 Å². The number of hydrogen-bond acceptors (Lipinski definition) is 6. The van der Waals surface area contributed by atoms with Gasteiger partial charge in [0.05, 0.1) is 19.8 Å². The molecule has 1 aliphatic heterocycles. The van der Waals surface area contributed by atoms with Crippen molar-refractivity contribution >= 4 is 6.09 Å². The number of piperazine rings is 1. The van der Waals surface area contributed by atoms with Crippen molar-refractivity contribution in [2.75, 3.05) is 46.0 Å². The molecule has 0 spiro atoms. The van der Waals surface area contributed by atoms with Crippen LogP contribution in [0, 0.1) is 0 Å². The largest absolute Gasteiger partial charge is 0.490 e. The molecule has 0 aromatic heterocycles. The third-order valence-electron chi connectivity index (χ3n) is 4.45. The van der Waals surface area contributed by atoms with E-state index in [1.165, 1.54) is 0 Å². The van der Waals surface area contributed by atoms with Gasteiger partial charge in [-0.15, -0.1) is 0 Å². The molecule has 1 aliphatic rings. The molecule has 1 fully saturated rings. The second-order valence-electron chi connectivity index (χ2n) is 7.92. The van der Waals surface area contributed by atoms with E-state index < -0.39 is 5.60 Å². The van der Waals surface area contributed by atoms with E-state index in [0.29, 0.717) is 44.4 Å². The lowest BCUT2D eigenvalue weighted by molar-refractivity contribution is 0.0138. The van der Waals surface area contributed by atoms with Crippen molar-refractivity contribution in [3.8, 4) is 17.2 Å². The Kier molecular flexibility index (Phi) is 8.44. The monoisotopic (exact) mass is 408 g/mol. The molecule has 0 unspecified atom stereocenters. The van der Waals surface area contributed by atoms with Crippen molar-refractivity contribution in [1.29, 1.82) is 0 Å². The van der Waals surface area contributed by atoms with Crippen molar-refractivity contribution in [2.24, 2.45) is 0 Å². The Bertz CT molecular complexity index is 664. The molecule has 2 rings (SSSR count). The fraction of sp³-hybridized carbons (Fsp3) is 0.682. The van der Waals surface area contributed by atoms with Gasteiger partial charge in [-0.3, -0.25) is 4.90 Å². The third kappa shape index (κ3) is 6.70. The van der Waals surface area contributed by atoms with Crippen LogP contribution in [-0.2, 0) is 11.3 Å². The van der Waals surface area contributed by atoms with Crippen molar-refractivity contribution in [3.63, 3.8) is 0 Å². The van der Waals surface area contributed by atoms with Gasteiger partial charge >= 0.3 is 6.09 Å². The second-order valence-corrected chi connectivity index (χ2v) is 7.92. The van der Waals surface area contributed by atoms with Crippen LogP contribution in [0.5, 0.6) is 17.2 Å². The van der Waals surface area contributed by atoms with Gasteiger partial charge in [-0.2, -0.15) is 0 Å². The molecule has 0 N–H and O–H groups in total. The quantitative estimate of drug-likeness (QED) is 0.649. The van der Waals surface area contributed by atoms with Crippen molar-refractivity contribution in [2.45, 2.75) is 53.7 Å². The zero-order valence-corrected chi connectivity index (χ0v) is 18.7. The number of benzene rings is 1. The average molecular weight is 409 g/mol. The van der Waals surface area contributed by atoms with Gasteiger partial charge in [-0.05, 0) is 47.6 Å². The van der Waals surface area contributed by atoms with E-state index in [9.17, 15) is 4.79 Å². The molecule has 0 bridgehead atoms. The van der Waals surface area contributed by atoms with Crippen molar-refractivity contribution < 1.29 is 23.7 Å². The van der Waals surface area contributed by atoms with Crippen molar-refractivity contribution in [1.82, 2.24) is 9.80 Å². The van der Waals surface area contributed by atoms with E-state index in [1.807, 2.05) is 53.7 Å². The number of nitrogens with zero attached hydrogens (tertiary/aromatic N) is 2. The Morgan fingerprint density at radius 1 is 0.897 bits per heavy atom. The molecular weight excluding hydrogens is 372 g/mol. The van der Waals surface area contributed by atoms with Crippen LogP contribution in [-0.4, -0.2) is 67.5 Å². The third-order valence-corrected chi connectivity index (χ3v) is 4.45. The summed E-state index contributed by atoms with van der Waals surface area (Å²) in [7, 11) is 0. The summed E-state index contributed by atoms with van der Waals surface area (Å²) in [4.78, 5) is 16.4. The molecule has 0 radical (unpaired) electrons. The first-order valence-electron chi connectivity index (χ1n) is 10.5. The number of carbonyl (C=O) groups excluding carboxylic acids is 1. The molecular formula is C22H36N2O5. The molecule has 164 valence electrons. The van der Waals surface area contributed by atoms with Crippen LogP contribution in [0.4, 0.5) is 4.79 Å². The highest BCUT2D eigenvalue weighted by atomic mass is 16.6. The summed E-state index contributed by atoms with van der Waals surface area (Å²) >= 11 is 0. The number of amides is 1. The maximum atomic E-state index is 12.3. The fourth-order valence-corrected chi connectivity index (χ4v) is 3.22. The minimum atomic E-state index is -0.474. The molecule has 1 heterocycles. The lowest BCUT2D eigenvalue weighted by Gasteiger charge is -2.35. The topological polar surface area (TPSA) is 60.5 Å². The Labute approximate surface area is 174 Å². The van der Waals surface area contributed by atoms with Gasteiger partial charge in [0.2, 0.25) is 5.75 Å². The van der Waals surface area contributed by atoms with Gasteiger partial charge in [0.15, 0.2) is 11.5 Å². The van der Waals surface area contributed by atoms with Crippen LogP contribution >= 0.6 is 0 Å². The summed E-state index contributed by atoms with van der Waals surface area (Å²) in [5.41, 5.74) is 0.586. The zero-order chi connectivity index (χ0) is 21.4. The predicted molar refractivity (Wildman–Crippen MR) is 113 cm³/mol. The highest BCUT2D eigenvalue weighted by Gasteiger charge is 2.27. The summed E-state index contributed by atoms with van der Waals surface area (Å²) in [6, 6.07) is 3.99. The molecule has 1 amide bonds. The van der Waals surface area contributed by atoms with E-state index in [-0.39, 0.29) is 6.09 Å². The Hall–Kier alpha value is -2.15. The average Bonchev–Trinajstić information content (AvgIpc) is 2.65. The van der Waals surface area contributed by atoms with E-state index >= 15 is 0 Å². The van der Waals surface area contributed by atoms with Crippen molar-refractivity contribution in [3.05, 3.63) is 17.7 Å². The van der Waals surface area contributed by atoms with Gasteiger partial charge in [0, 0.05) is 38.3 Å². The lowest BCUT2D eigenvalue weighted by Crippen LogP contribution is -2.49. The Morgan fingerprint density at radius 3 is 2.03 bits per heavy atom. The minimum absolute atomic E-state index is 0.244. The van der Waals surface area contributed by atoms with E-state index in [0.717, 1.165) is 30.9 Å².